The maximum atomic E-state index is 13.8. The molecule has 0 saturated heterocycles. The van der Waals surface area contributed by atoms with Crippen LogP contribution in [0.5, 0.6) is 0 Å². The van der Waals surface area contributed by atoms with Crippen LogP contribution >= 0.6 is 0 Å². The Balaban J connectivity index is 2.48. The molecule has 2 aromatic rings. The molecule has 21 heavy (non-hydrogen) atoms. The van der Waals surface area contributed by atoms with E-state index < -0.39 is 27.8 Å². The zero-order valence-electron chi connectivity index (χ0n) is 11.2. The van der Waals surface area contributed by atoms with E-state index in [1.807, 2.05) is 0 Å². The van der Waals surface area contributed by atoms with Crippen LogP contribution in [0.3, 0.4) is 0 Å². The number of nitrogens with zero attached hydrogens (tertiary/aromatic N) is 3. The number of halogens is 2. The van der Waals surface area contributed by atoms with Gasteiger partial charge in [-0.05, 0) is 19.9 Å². The Bertz CT molecular complexity index is 697. The molecule has 0 aliphatic rings. The van der Waals surface area contributed by atoms with Gasteiger partial charge in [0.15, 0.2) is 5.82 Å². The van der Waals surface area contributed by atoms with E-state index in [1.165, 1.54) is 26.2 Å². The Morgan fingerprint density at radius 1 is 1.19 bits per heavy atom. The van der Waals surface area contributed by atoms with E-state index in [0.717, 1.165) is 6.07 Å². The molecule has 0 amide bonds. The van der Waals surface area contributed by atoms with Crippen molar-refractivity contribution in [3.8, 4) is 11.1 Å². The van der Waals surface area contributed by atoms with Gasteiger partial charge in [0.2, 0.25) is 5.82 Å². The first kappa shape index (κ1) is 14.9. The van der Waals surface area contributed by atoms with E-state index in [0.29, 0.717) is 6.07 Å². The molecule has 1 aromatic carbocycles. The van der Waals surface area contributed by atoms with Gasteiger partial charge in [-0.3, -0.25) is 10.1 Å². The van der Waals surface area contributed by atoms with Crippen molar-refractivity contribution in [2.75, 3.05) is 0 Å². The molecule has 6 nitrogen and oxygen atoms in total. The summed E-state index contributed by atoms with van der Waals surface area (Å²) in [5.41, 5.74) is -2.25. The summed E-state index contributed by atoms with van der Waals surface area (Å²) in [5, 5.41) is 20.2. The van der Waals surface area contributed by atoms with Gasteiger partial charge in [-0.15, -0.1) is 0 Å². The lowest BCUT2D eigenvalue weighted by Crippen LogP contribution is -2.19. The number of aliphatic hydroxyl groups is 1. The Kier molecular flexibility index (Phi) is 3.65. The number of benzene rings is 1. The van der Waals surface area contributed by atoms with Crippen LogP contribution in [0.2, 0.25) is 0 Å². The third kappa shape index (κ3) is 3.00. The average molecular weight is 295 g/mol. The van der Waals surface area contributed by atoms with Crippen LogP contribution in [0.25, 0.3) is 11.1 Å². The fraction of sp³-hybridized carbons (Fsp3) is 0.231. The smallest absolute Gasteiger partial charge is 0.307 e. The second-order valence-corrected chi connectivity index (χ2v) is 4.89. The quantitative estimate of drug-likeness (QED) is 0.694. The fourth-order valence-electron chi connectivity index (χ4n) is 1.68. The van der Waals surface area contributed by atoms with Crippen LogP contribution < -0.4 is 0 Å². The highest BCUT2D eigenvalue weighted by molar-refractivity contribution is 5.64. The summed E-state index contributed by atoms with van der Waals surface area (Å²) in [7, 11) is 0. The SMILES string of the molecule is CC(C)(O)c1ncc(-c2cc(F)c([N+](=O)[O-])cc2F)cn1. The summed E-state index contributed by atoms with van der Waals surface area (Å²) < 4.78 is 27.4. The molecule has 0 atom stereocenters. The first-order valence-electron chi connectivity index (χ1n) is 5.89. The molecule has 8 heteroatoms. The topological polar surface area (TPSA) is 89.2 Å². The molecule has 0 unspecified atom stereocenters. The van der Waals surface area contributed by atoms with Gasteiger partial charge in [-0.1, -0.05) is 0 Å². The van der Waals surface area contributed by atoms with Crippen molar-refractivity contribution >= 4 is 5.69 Å². The van der Waals surface area contributed by atoms with Gasteiger partial charge in [0.05, 0.1) is 11.0 Å². The van der Waals surface area contributed by atoms with Crippen molar-refractivity contribution in [1.29, 1.82) is 0 Å². The van der Waals surface area contributed by atoms with Crippen LogP contribution in [0.4, 0.5) is 14.5 Å². The first-order valence-corrected chi connectivity index (χ1v) is 5.89. The van der Waals surface area contributed by atoms with Crippen molar-refractivity contribution in [2.24, 2.45) is 0 Å². The molecule has 0 saturated carbocycles. The van der Waals surface area contributed by atoms with Gasteiger partial charge in [0, 0.05) is 23.5 Å². The highest BCUT2D eigenvalue weighted by Crippen LogP contribution is 2.28. The van der Waals surface area contributed by atoms with Crippen molar-refractivity contribution in [2.45, 2.75) is 19.4 Å². The third-order valence-corrected chi connectivity index (χ3v) is 2.74. The molecule has 2 rings (SSSR count). The number of aromatic nitrogens is 2. The van der Waals surface area contributed by atoms with Crippen molar-refractivity contribution in [3.05, 3.63) is 52.1 Å². The molecule has 0 aliphatic heterocycles. The largest absolute Gasteiger partial charge is 0.382 e. The van der Waals surface area contributed by atoms with Crippen LogP contribution in [0.1, 0.15) is 19.7 Å². The molecule has 0 fully saturated rings. The summed E-state index contributed by atoms with van der Waals surface area (Å²) >= 11 is 0. The second kappa shape index (κ2) is 5.13. The predicted molar refractivity (Wildman–Crippen MR) is 69.3 cm³/mol. The minimum Gasteiger partial charge on any atom is -0.382 e. The van der Waals surface area contributed by atoms with E-state index in [-0.39, 0.29) is 17.0 Å². The molecule has 110 valence electrons. The van der Waals surface area contributed by atoms with E-state index >= 15 is 0 Å². The Hall–Kier alpha value is -2.48. The second-order valence-electron chi connectivity index (χ2n) is 4.89. The van der Waals surface area contributed by atoms with E-state index in [4.69, 9.17) is 0 Å². The lowest BCUT2D eigenvalue weighted by atomic mass is 10.1. The predicted octanol–water partition coefficient (Wildman–Crippen LogP) is 2.56. The van der Waals surface area contributed by atoms with Gasteiger partial charge in [0.25, 0.3) is 0 Å². The number of rotatable bonds is 3. The van der Waals surface area contributed by atoms with Crippen molar-refractivity contribution in [1.82, 2.24) is 9.97 Å². The molecular weight excluding hydrogens is 284 g/mol. The third-order valence-electron chi connectivity index (χ3n) is 2.74. The molecule has 1 N–H and O–H groups in total. The Morgan fingerprint density at radius 2 is 1.76 bits per heavy atom. The van der Waals surface area contributed by atoms with Crippen LogP contribution in [-0.2, 0) is 5.60 Å². The van der Waals surface area contributed by atoms with Gasteiger partial charge < -0.3 is 5.11 Å². The maximum absolute atomic E-state index is 13.8. The lowest BCUT2D eigenvalue weighted by molar-refractivity contribution is -0.387. The monoisotopic (exact) mass is 295 g/mol. The highest BCUT2D eigenvalue weighted by atomic mass is 19.1. The normalized spacial score (nSPS) is 11.5. The van der Waals surface area contributed by atoms with E-state index in [2.05, 4.69) is 9.97 Å². The molecular formula is C13H11F2N3O3. The molecule has 1 heterocycles. The number of hydrogen-bond donors (Lipinski definition) is 1. The minimum atomic E-state index is -1.27. The number of nitro benzene ring substituents is 1. The minimum absolute atomic E-state index is 0.119. The summed E-state index contributed by atoms with van der Waals surface area (Å²) in [5.74, 6) is -1.99. The zero-order chi connectivity index (χ0) is 15.8. The highest BCUT2D eigenvalue weighted by Gasteiger charge is 2.22. The van der Waals surface area contributed by atoms with E-state index in [1.54, 1.807) is 0 Å². The summed E-state index contributed by atoms with van der Waals surface area (Å²) in [6.45, 7) is 2.96. The van der Waals surface area contributed by atoms with Crippen LogP contribution in [-0.4, -0.2) is 20.0 Å². The fourth-order valence-corrected chi connectivity index (χ4v) is 1.68. The van der Waals surface area contributed by atoms with Crippen LogP contribution in [0.15, 0.2) is 24.5 Å². The zero-order valence-corrected chi connectivity index (χ0v) is 11.2. The maximum Gasteiger partial charge on any atom is 0.307 e. The molecule has 0 radical (unpaired) electrons. The average Bonchev–Trinajstić information content (AvgIpc) is 2.40. The van der Waals surface area contributed by atoms with Gasteiger partial charge in [0.1, 0.15) is 11.4 Å². The van der Waals surface area contributed by atoms with Crippen molar-refractivity contribution in [3.63, 3.8) is 0 Å². The van der Waals surface area contributed by atoms with Crippen LogP contribution in [0, 0.1) is 21.7 Å². The summed E-state index contributed by atoms with van der Waals surface area (Å²) in [6.07, 6.45) is 2.42. The number of hydrogen-bond acceptors (Lipinski definition) is 5. The van der Waals surface area contributed by atoms with Gasteiger partial charge >= 0.3 is 5.69 Å². The lowest BCUT2D eigenvalue weighted by Gasteiger charge is -2.15. The Labute approximate surface area is 118 Å². The van der Waals surface area contributed by atoms with Gasteiger partial charge in [-0.2, -0.15) is 4.39 Å². The van der Waals surface area contributed by atoms with Gasteiger partial charge in [-0.25, -0.2) is 14.4 Å². The Morgan fingerprint density at radius 3 is 2.24 bits per heavy atom. The molecule has 0 aliphatic carbocycles. The van der Waals surface area contributed by atoms with Crippen molar-refractivity contribution < 1.29 is 18.8 Å². The molecule has 1 aromatic heterocycles. The first-order chi connectivity index (χ1) is 9.70. The summed E-state index contributed by atoms with van der Waals surface area (Å²) in [4.78, 5) is 17.3. The molecule has 0 bridgehead atoms. The molecule has 0 spiro atoms. The van der Waals surface area contributed by atoms with E-state index in [9.17, 15) is 24.0 Å². The standard InChI is InChI=1S/C13H11F2N3O3/c1-13(2,19)12-16-5-7(6-17-12)8-3-10(15)11(18(20)21)4-9(8)14/h3-6,19H,1-2H3. The number of nitro groups is 1. The summed E-state index contributed by atoms with van der Waals surface area (Å²) in [6, 6.07) is 1.23.